The third-order valence-electron chi connectivity index (χ3n) is 2.43. The summed E-state index contributed by atoms with van der Waals surface area (Å²) in [6.07, 6.45) is 4.49. The minimum atomic E-state index is 0.391. The first kappa shape index (κ1) is 9.25. The quantitative estimate of drug-likeness (QED) is 0.682. The molecule has 0 aliphatic heterocycles. The third-order valence-corrected chi connectivity index (χ3v) is 2.43. The molecule has 0 amide bonds. The van der Waals surface area contributed by atoms with Gasteiger partial charge in [-0.3, -0.25) is 4.79 Å². The van der Waals surface area contributed by atoms with Gasteiger partial charge in [-0.05, 0) is 30.9 Å². The summed E-state index contributed by atoms with van der Waals surface area (Å²) in [7, 11) is 0. The second kappa shape index (κ2) is 3.82. The Bertz CT molecular complexity index is 340. The van der Waals surface area contributed by atoms with E-state index in [4.69, 9.17) is 4.74 Å². The molecule has 1 fully saturated rings. The molecule has 14 heavy (non-hydrogen) atoms. The number of hydrogen-bond donors (Lipinski definition) is 0. The van der Waals surface area contributed by atoms with Crippen molar-refractivity contribution in [2.45, 2.75) is 32.3 Å². The molecule has 0 saturated heterocycles. The Hall–Kier alpha value is -1.31. The maximum absolute atomic E-state index is 10.6. The van der Waals surface area contributed by atoms with E-state index in [1.807, 2.05) is 18.2 Å². The minimum absolute atomic E-state index is 0.391. The van der Waals surface area contributed by atoms with E-state index in [0.717, 1.165) is 31.3 Å². The van der Waals surface area contributed by atoms with Gasteiger partial charge in [0.05, 0.1) is 6.10 Å². The average Bonchev–Trinajstić information content (AvgIpc) is 3.01. The average molecular weight is 190 g/mol. The van der Waals surface area contributed by atoms with Crippen LogP contribution in [0.3, 0.4) is 0 Å². The summed E-state index contributed by atoms with van der Waals surface area (Å²) in [5.74, 6) is 0.889. The zero-order chi connectivity index (χ0) is 9.97. The first-order chi connectivity index (χ1) is 6.83. The molecule has 74 valence electrons. The van der Waals surface area contributed by atoms with Crippen LogP contribution >= 0.6 is 0 Å². The molecule has 2 heteroatoms. The third kappa shape index (κ3) is 1.95. The van der Waals surface area contributed by atoms with Crippen LogP contribution in [-0.4, -0.2) is 12.4 Å². The number of carbonyl (C=O) groups excluding carboxylic acids is 1. The van der Waals surface area contributed by atoms with Gasteiger partial charge in [-0.2, -0.15) is 0 Å². The molecule has 0 radical (unpaired) electrons. The van der Waals surface area contributed by atoms with Crippen molar-refractivity contribution in [2.24, 2.45) is 0 Å². The van der Waals surface area contributed by atoms with Gasteiger partial charge in [0.2, 0.25) is 0 Å². The fourth-order valence-corrected chi connectivity index (χ4v) is 1.41. The van der Waals surface area contributed by atoms with E-state index in [1.54, 1.807) is 0 Å². The lowest BCUT2D eigenvalue weighted by atomic mass is 10.1. The summed E-state index contributed by atoms with van der Waals surface area (Å²) in [5.41, 5.74) is 1.88. The molecule has 1 aliphatic rings. The molecular formula is C12H14O2. The summed E-state index contributed by atoms with van der Waals surface area (Å²) in [6, 6.07) is 5.65. The number of ether oxygens (including phenoxy) is 1. The normalized spacial score (nSPS) is 15.2. The smallest absolute Gasteiger partial charge is 0.150 e. The fraction of sp³-hybridized carbons (Fsp3) is 0.417. The van der Waals surface area contributed by atoms with Crippen LogP contribution in [0, 0.1) is 0 Å². The predicted molar refractivity (Wildman–Crippen MR) is 54.9 cm³/mol. The molecule has 2 nitrogen and oxygen atoms in total. The molecule has 1 aromatic carbocycles. The van der Waals surface area contributed by atoms with Crippen molar-refractivity contribution in [3.05, 3.63) is 29.3 Å². The Morgan fingerprint density at radius 1 is 1.50 bits per heavy atom. The summed E-state index contributed by atoms with van der Waals surface area (Å²) in [5, 5.41) is 0. The Morgan fingerprint density at radius 3 is 2.86 bits per heavy atom. The van der Waals surface area contributed by atoms with Crippen LogP contribution in [0.15, 0.2) is 18.2 Å². The number of rotatable bonds is 4. The highest BCUT2D eigenvalue weighted by Crippen LogP contribution is 2.29. The van der Waals surface area contributed by atoms with E-state index >= 15 is 0 Å². The monoisotopic (exact) mass is 190 g/mol. The zero-order valence-electron chi connectivity index (χ0n) is 8.32. The van der Waals surface area contributed by atoms with Gasteiger partial charge in [-0.25, -0.2) is 0 Å². The van der Waals surface area contributed by atoms with Crippen LogP contribution in [0.5, 0.6) is 5.75 Å². The van der Waals surface area contributed by atoms with E-state index in [2.05, 4.69) is 6.92 Å². The van der Waals surface area contributed by atoms with E-state index in [1.165, 1.54) is 5.56 Å². The van der Waals surface area contributed by atoms with Crippen LogP contribution in [0.4, 0.5) is 0 Å². The molecule has 0 bridgehead atoms. The highest BCUT2D eigenvalue weighted by atomic mass is 16.5. The SMILES string of the molecule is CCc1ccc(C=O)cc1OC1CC1. The second-order valence-electron chi connectivity index (χ2n) is 3.66. The summed E-state index contributed by atoms with van der Waals surface area (Å²) >= 11 is 0. The topological polar surface area (TPSA) is 26.3 Å². The summed E-state index contributed by atoms with van der Waals surface area (Å²) in [6.45, 7) is 2.09. The van der Waals surface area contributed by atoms with E-state index < -0.39 is 0 Å². The molecule has 1 saturated carbocycles. The second-order valence-corrected chi connectivity index (χ2v) is 3.66. The van der Waals surface area contributed by atoms with Gasteiger partial charge >= 0.3 is 0 Å². The van der Waals surface area contributed by atoms with Crippen molar-refractivity contribution in [3.8, 4) is 5.75 Å². The van der Waals surface area contributed by atoms with Crippen molar-refractivity contribution in [1.82, 2.24) is 0 Å². The van der Waals surface area contributed by atoms with Gasteiger partial charge in [0.1, 0.15) is 12.0 Å². The lowest BCUT2D eigenvalue weighted by molar-refractivity contribution is 0.112. The Kier molecular flexibility index (Phi) is 2.53. The number of carbonyl (C=O) groups is 1. The Morgan fingerprint density at radius 2 is 2.29 bits per heavy atom. The lowest BCUT2D eigenvalue weighted by Crippen LogP contribution is -2.00. The number of benzene rings is 1. The highest BCUT2D eigenvalue weighted by Gasteiger charge is 2.24. The first-order valence-corrected chi connectivity index (χ1v) is 5.08. The van der Waals surface area contributed by atoms with Crippen molar-refractivity contribution < 1.29 is 9.53 Å². The minimum Gasteiger partial charge on any atom is -0.490 e. The molecule has 0 aromatic heterocycles. The number of hydrogen-bond acceptors (Lipinski definition) is 2. The molecule has 0 unspecified atom stereocenters. The largest absolute Gasteiger partial charge is 0.490 e. The fourth-order valence-electron chi connectivity index (χ4n) is 1.41. The van der Waals surface area contributed by atoms with Crippen LogP contribution < -0.4 is 4.74 Å². The summed E-state index contributed by atoms with van der Waals surface area (Å²) < 4.78 is 5.73. The maximum atomic E-state index is 10.6. The lowest BCUT2D eigenvalue weighted by Gasteiger charge is -2.09. The zero-order valence-corrected chi connectivity index (χ0v) is 8.32. The van der Waals surface area contributed by atoms with Crippen LogP contribution in [0.25, 0.3) is 0 Å². The van der Waals surface area contributed by atoms with Crippen molar-refractivity contribution in [3.63, 3.8) is 0 Å². The Balaban J connectivity index is 2.26. The number of aryl methyl sites for hydroxylation is 1. The van der Waals surface area contributed by atoms with E-state index in [-0.39, 0.29) is 0 Å². The summed E-state index contributed by atoms with van der Waals surface area (Å²) in [4.78, 5) is 10.6. The molecule has 1 aliphatic carbocycles. The van der Waals surface area contributed by atoms with Gasteiger partial charge in [-0.1, -0.05) is 19.1 Å². The predicted octanol–water partition coefficient (Wildman–Crippen LogP) is 2.60. The van der Waals surface area contributed by atoms with Gasteiger partial charge in [0.15, 0.2) is 0 Å². The van der Waals surface area contributed by atoms with Crippen molar-refractivity contribution in [2.75, 3.05) is 0 Å². The van der Waals surface area contributed by atoms with Gasteiger partial charge in [0.25, 0.3) is 0 Å². The van der Waals surface area contributed by atoms with E-state index in [9.17, 15) is 4.79 Å². The van der Waals surface area contributed by atoms with Crippen LogP contribution in [-0.2, 0) is 6.42 Å². The van der Waals surface area contributed by atoms with E-state index in [0.29, 0.717) is 11.7 Å². The molecule has 2 rings (SSSR count). The van der Waals surface area contributed by atoms with Crippen molar-refractivity contribution >= 4 is 6.29 Å². The van der Waals surface area contributed by atoms with Crippen molar-refractivity contribution in [1.29, 1.82) is 0 Å². The standard InChI is InChI=1S/C12H14O2/c1-2-10-4-3-9(8-13)7-12(10)14-11-5-6-11/h3-4,7-8,11H,2,5-6H2,1H3. The highest BCUT2D eigenvalue weighted by molar-refractivity contribution is 5.75. The Labute approximate surface area is 83.9 Å². The molecule has 0 spiro atoms. The van der Waals surface area contributed by atoms with Gasteiger partial charge in [-0.15, -0.1) is 0 Å². The molecule has 1 aromatic rings. The first-order valence-electron chi connectivity index (χ1n) is 5.08. The molecule has 0 heterocycles. The molecule has 0 N–H and O–H groups in total. The van der Waals surface area contributed by atoms with Crippen LogP contribution in [0.1, 0.15) is 35.7 Å². The van der Waals surface area contributed by atoms with Crippen LogP contribution in [0.2, 0.25) is 0 Å². The molecule has 0 atom stereocenters. The number of aldehydes is 1. The maximum Gasteiger partial charge on any atom is 0.150 e. The van der Waals surface area contributed by atoms with Gasteiger partial charge in [0, 0.05) is 5.56 Å². The molecular weight excluding hydrogens is 176 g/mol. The van der Waals surface area contributed by atoms with Gasteiger partial charge < -0.3 is 4.74 Å².